The van der Waals surface area contributed by atoms with Gasteiger partial charge in [0.2, 0.25) is 0 Å². The minimum atomic E-state index is -0.925. The number of carbonyl (C=O) groups excluding carboxylic acids is 2. The molecule has 0 spiro atoms. The van der Waals surface area contributed by atoms with Crippen LogP contribution in [0.25, 0.3) is 33.2 Å². The monoisotopic (exact) mass is 560 g/mol. The second kappa shape index (κ2) is 11.1. The van der Waals surface area contributed by atoms with Crippen molar-refractivity contribution >= 4 is 34.1 Å². The van der Waals surface area contributed by atoms with Crippen LogP contribution in [0.4, 0.5) is 4.79 Å². The summed E-state index contributed by atoms with van der Waals surface area (Å²) in [6.45, 7) is 6.10. The zero-order valence-corrected chi connectivity index (χ0v) is 23.4. The van der Waals surface area contributed by atoms with E-state index in [4.69, 9.17) is 18.3 Å². The molecular weight excluding hydrogens is 528 g/mol. The highest BCUT2D eigenvalue weighted by Gasteiger charge is 2.31. The Labute approximate surface area is 236 Å². The molecule has 4 aromatic rings. The first-order valence-electron chi connectivity index (χ1n) is 13.4. The van der Waals surface area contributed by atoms with E-state index >= 15 is 0 Å². The van der Waals surface area contributed by atoms with Crippen LogP contribution in [-0.4, -0.2) is 58.9 Å². The Morgan fingerprint density at radius 2 is 1.88 bits per heavy atom. The van der Waals surface area contributed by atoms with E-state index in [1.165, 1.54) is 9.47 Å². The van der Waals surface area contributed by atoms with Crippen LogP contribution in [0.15, 0.2) is 56.1 Å². The van der Waals surface area contributed by atoms with Crippen molar-refractivity contribution in [2.45, 2.75) is 51.4 Å². The van der Waals surface area contributed by atoms with E-state index in [1.807, 2.05) is 36.4 Å². The number of oxazole rings is 1. The molecule has 2 aromatic carbocycles. The van der Waals surface area contributed by atoms with Gasteiger partial charge in [0.25, 0.3) is 5.91 Å². The van der Waals surface area contributed by atoms with Gasteiger partial charge in [0.15, 0.2) is 11.7 Å². The van der Waals surface area contributed by atoms with E-state index in [2.05, 4.69) is 11.4 Å². The Balaban J connectivity index is 1.27. The van der Waals surface area contributed by atoms with Gasteiger partial charge in [-0.05, 0) is 62.6 Å². The van der Waals surface area contributed by atoms with Gasteiger partial charge in [0, 0.05) is 32.0 Å². The maximum absolute atomic E-state index is 13.0. The smallest absolute Gasteiger partial charge is 0.419 e. The molecule has 2 aromatic heterocycles. The van der Waals surface area contributed by atoms with Gasteiger partial charge >= 0.3 is 11.8 Å². The minimum absolute atomic E-state index is 0.0328. The number of furan rings is 1. The van der Waals surface area contributed by atoms with Gasteiger partial charge in [-0.15, -0.1) is 0 Å². The first-order chi connectivity index (χ1) is 19.5. The van der Waals surface area contributed by atoms with Crippen molar-refractivity contribution in [3.8, 4) is 17.2 Å². The van der Waals surface area contributed by atoms with E-state index in [1.54, 1.807) is 33.9 Å². The molecule has 2 atom stereocenters. The van der Waals surface area contributed by atoms with E-state index in [0.717, 1.165) is 16.5 Å². The summed E-state index contributed by atoms with van der Waals surface area (Å²) in [4.78, 5) is 38.9. The van der Waals surface area contributed by atoms with Crippen molar-refractivity contribution in [1.29, 1.82) is 5.26 Å². The number of nitrogens with one attached hydrogen (secondary N) is 1. The third kappa shape index (κ3) is 6.28. The van der Waals surface area contributed by atoms with Crippen LogP contribution < -0.4 is 11.1 Å². The molecule has 214 valence electrons. The lowest BCUT2D eigenvalue weighted by Gasteiger charge is -2.27. The van der Waals surface area contributed by atoms with Crippen LogP contribution >= 0.6 is 0 Å². The number of fused-ring (bicyclic) bond motifs is 2. The number of hydrogen-bond donors (Lipinski definition) is 1. The quantitative estimate of drug-likeness (QED) is 0.384. The molecule has 1 unspecified atom stereocenters. The second-order valence-corrected chi connectivity index (χ2v) is 11.1. The number of nitriles is 1. The fourth-order valence-electron chi connectivity index (χ4n) is 4.74. The summed E-state index contributed by atoms with van der Waals surface area (Å²) in [5, 5.41) is 13.3. The number of carbonyl (C=O) groups is 2. The summed E-state index contributed by atoms with van der Waals surface area (Å²) in [6.07, 6.45) is -0.712. The van der Waals surface area contributed by atoms with Crippen molar-refractivity contribution in [3.05, 3.63) is 58.8 Å². The van der Waals surface area contributed by atoms with Crippen molar-refractivity contribution in [2.24, 2.45) is 7.05 Å². The van der Waals surface area contributed by atoms with Gasteiger partial charge in [-0.25, -0.2) is 9.59 Å². The lowest BCUT2D eigenvalue weighted by molar-refractivity contribution is -0.133. The summed E-state index contributed by atoms with van der Waals surface area (Å²) >= 11 is 0. The number of ether oxygens (including phenoxy) is 2. The number of aryl methyl sites for hydroxylation is 1. The largest absolute Gasteiger partial charge is 0.461 e. The minimum Gasteiger partial charge on any atom is -0.461 e. The predicted molar refractivity (Wildman–Crippen MR) is 150 cm³/mol. The maximum atomic E-state index is 13.0. The first kappa shape index (κ1) is 28.0. The molecule has 5 rings (SSSR count). The number of rotatable bonds is 5. The van der Waals surface area contributed by atoms with Crippen LogP contribution in [0.1, 0.15) is 33.0 Å². The predicted octanol–water partition coefficient (Wildman–Crippen LogP) is 4.12. The normalized spacial score (nSPS) is 16.8. The number of amides is 2. The van der Waals surface area contributed by atoms with Gasteiger partial charge in [-0.3, -0.25) is 9.36 Å². The molecule has 0 bridgehead atoms. The molecule has 1 aliphatic rings. The Hall–Kier alpha value is -4.56. The molecule has 1 saturated heterocycles. The topological polar surface area (TPSA) is 140 Å². The zero-order chi connectivity index (χ0) is 29.3. The number of benzene rings is 2. The van der Waals surface area contributed by atoms with Gasteiger partial charge in [0.05, 0.1) is 18.1 Å². The molecular formula is C30H32N4O7. The van der Waals surface area contributed by atoms with Crippen molar-refractivity contribution < 1.29 is 27.9 Å². The first-order valence-corrected chi connectivity index (χ1v) is 13.4. The fourth-order valence-corrected chi connectivity index (χ4v) is 4.74. The molecule has 11 nitrogen and oxygen atoms in total. The summed E-state index contributed by atoms with van der Waals surface area (Å²) in [7, 11) is 1.66. The molecule has 0 aliphatic carbocycles. The average Bonchev–Trinajstić information content (AvgIpc) is 3.33. The summed E-state index contributed by atoms with van der Waals surface area (Å²) < 4.78 is 23.9. The third-order valence-electron chi connectivity index (χ3n) is 6.80. The molecule has 3 heterocycles. The van der Waals surface area contributed by atoms with Crippen LogP contribution in [0.3, 0.4) is 0 Å². The van der Waals surface area contributed by atoms with E-state index in [-0.39, 0.29) is 13.0 Å². The highest BCUT2D eigenvalue weighted by molar-refractivity contribution is 5.87. The van der Waals surface area contributed by atoms with Gasteiger partial charge < -0.3 is 28.5 Å². The van der Waals surface area contributed by atoms with E-state index in [9.17, 15) is 19.6 Å². The average molecular weight is 561 g/mol. The maximum Gasteiger partial charge on any atom is 0.419 e. The lowest BCUT2D eigenvalue weighted by atomic mass is 10.0. The SMILES string of the molecule is Cn1c(=O)oc2ccc(-c3ccc4cc(CC(C#N)NC(=O)[C@@H]5CN(C(=O)OC(C)(C)C)CCCO5)oc4c3)cc21. The third-order valence-corrected chi connectivity index (χ3v) is 6.80. The molecule has 1 N–H and O–H groups in total. The van der Waals surface area contributed by atoms with Crippen LogP contribution in [0, 0.1) is 11.3 Å². The molecule has 0 radical (unpaired) electrons. The number of nitrogens with zero attached hydrogens (tertiary/aromatic N) is 3. The van der Waals surface area contributed by atoms with E-state index in [0.29, 0.717) is 42.0 Å². The summed E-state index contributed by atoms with van der Waals surface area (Å²) in [6, 6.07) is 14.4. The van der Waals surface area contributed by atoms with Crippen LogP contribution in [0.5, 0.6) is 0 Å². The van der Waals surface area contributed by atoms with Crippen LogP contribution in [-0.2, 0) is 27.7 Å². The summed E-state index contributed by atoms with van der Waals surface area (Å²) in [5.74, 6) is -0.364. The Kier molecular flexibility index (Phi) is 7.60. The summed E-state index contributed by atoms with van der Waals surface area (Å²) in [5.41, 5.74) is 2.95. The number of aromatic nitrogens is 1. The Morgan fingerprint density at radius 3 is 2.63 bits per heavy atom. The van der Waals surface area contributed by atoms with Crippen molar-refractivity contribution in [1.82, 2.24) is 14.8 Å². The molecule has 41 heavy (non-hydrogen) atoms. The van der Waals surface area contributed by atoms with Crippen LogP contribution in [0.2, 0.25) is 0 Å². The van der Waals surface area contributed by atoms with Gasteiger partial charge in [-0.2, -0.15) is 5.26 Å². The Morgan fingerprint density at radius 1 is 1.12 bits per heavy atom. The highest BCUT2D eigenvalue weighted by Crippen LogP contribution is 2.29. The standard InChI is InChI=1S/C30H32N4O7/c1-30(2,3)41-29(37)34-10-5-11-38-26(17-34)27(35)32-21(16-31)15-22-12-20-7-6-19(14-25(20)39-22)18-8-9-24-23(13-18)33(4)28(36)40-24/h6-9,12-14,21,26H,5,10-11,15,17H2,1-4H3,(H,32,35)/t21?,26-/m0/s1. The number of hydrogen-bond acceptors (Lipinski definition) is 8. The van der Waals surface area contributed by atoms with Gasteiger partial charge in [-0.1, -0.05) is 18.2 Å². The zero-order valence-electron chi connectivity index (χ0n) is 23.4. The van der Waals surface area contributed by atoms with Crippen molar-refractivity contribution in [3.63, 3.8) is 0 Å². The molecule has 1 fully saturated rings. The highest BCUT2D eigenvalue weighted by atomic mass is 16.6. The second-order valence-electron chi connectivity index (χ2n) is 11.1. The fraction of sp³-hybridized carbons (Fsp3) is 0.400. The lowest BCUT2D eigenvalue weighted by Crippen LogP contribution is -2.48. The Bertz CT molecular complexity index is 1700. The molecule has 1 aliphatic heterocycles. The van der Waals surface area contributed by atoms with E-state index < -0.39 is 35.5 Å². The molecule has 11 heteroatoms. The molecule has 0 saturated carbocycles. The van der Waals surface area contributed by atoms with Crippen molar-refractivity contribution in [2.75, 3.05) is 19.7 Å². The molecule has 2 amide bonds. The van der Waals surface area contributed by atoms with Gasteiger partial charge in [0.1, 0.15) is 23.0 Å².